The molecule has 0 spiro atoms. The summed E-state index contributed by atoms with van der Waals surface area (Å²) in [5.41, 5.74) is 3.14. The first kappa shape index (κ1) is 23.9. The van der Waals surface area contributed by atoms with Crippen LogP contribution in [0.2, 0.25) is 0 Å². The predicted octanol–water partition coefficient (Wildman–Crippen LogP) is 8.76. The van der Waals surface area contributed by atoms with E-state index in [-0.39, 0.29) is 0 Å². The minimum Gasteiger partial charge on any atom is -0.344 e. The van der Waals surface area contributed by atoms with Crippen LogP contribution in [0.25, 0.3) is 10.9 Å². The lowest BCUT2D eigenvalue weighted by Gasteiger charge is -2.31. The Balaban J connectivity index is 1.61. The second-order valence-corrected chi connectivity index (χ2v) is 10.8. The quantitative estimate of drug-likeness (QED) is 0.372. The monoisotopic (exact) mass is 436 g/mol. The van der Waals surface area contributed by atoms with E-state index in [9.17, 15) is 0 Å². The van der Waals surface area contributed by atoms with Crippen molar-refractivity contribution >= 4 is 10.9 Å². The van der Waals surface area contributed by atoms with Gasteiger partial charge in [-0.05, 0) is 75.0 Å². The van der Waals surface area contributed by atoms with Crippen LogP contribution in [0, 0.1) is 5.92 Å². The van der Waals surface area contributed by atoms with Crippen LogP contribution >= 0.6 is 0 Å². The molecule has 1 unspecified atom stereocenters. The molecule has 1 atom stereocenters. The van der Waals surface area contributed by atoms with Gasteiger partial charge in [0.15, 0.2) is 0 Å². The predicted molar refractivity (Wildman–Crippen MR) is 140 cm³/mol. The largest absolute Gasteiger partial charge is 0.344 e. The summed E-state index contributed by atoms with van der Waals surface area (Å²) in [6.07, 6.45) is 23.3. The van der Waals surface area contributed by atoms with Gasteiger partial charge in [-0.25, -0.2) is 0 Å². The van der Waals surface area contributed by atoms with Gasteiger partial charge >= 0.3 is 0 Å². The van der Waals surface area contributed by atoms with Gasteiger partial charge in [-0.15, -0.1) is 0 Å². The molecule has 0 aliphatic heterocycles. The number of hydrogen-bond acceptors (Lipinski definition) is 1. The van der Waals surface area contributed by atoms with Crippen LogP contribution in [0.15, 0.2) is 30.5 Å². The van der Waals surface area contributed by atoms with E-state index in [0.29, 0.717) is 12.0 Å². The molecular weight excluding hydrogens is 388 g/mol. The zero-order chi connectivity index (χ0) is 22.2. The van der Waals surface area contributed by atoms with Gasteiger partial charge in [-0.3, -0.25) is 0 Å². The standard InChI is InChI=1S/C30H48N2/c1-3-13-26(14-4-2)32-23-29(28-19-11-12-20-30(28)32)27(24-15-7-5-8-16-24)21-22-31-25-17-9-6-10-18-25/h11-12,19-20,23-27,31H,3-10,13-18,21-22H2,1-2H3. The van der Waals surface area contributed by atoms with Crippen molar-refractivity contribution in [2.24, 2.45) is 5.92 Å². The lowest BCUT2D eigenvalue weighted by atomic mass is 9.75. The molecule has 1 aromatic carbocycles. The third-order valence-corrected chi connectivity index (χ3v) is 8.52. The van der Waals surface area contributed by atoms with E-state index in [4.69, 9.17) is 0 Å². The first-order valence-corrected chi connectivity index (χ1v) is 14.1. The molecular formula is C30H48N2. The molecule has 2 nitrogen and oxygen atoms in total. The Kier molecular flexibility index (Phi) is 9.14. The second-order valence-electron chi connectivity index (χ2n) is 10.8. The molecule has 2 saturated carbocycles. The average Bonchev–Trinajstić information content (AvgIpc) is 3.22. The highest BCUT2D eigenvalue weighted by Gasteiger charge is 2.28. The molecule has 2 heteroatoms. The van der Waals surface area contributed by atoms with Crippen molar-refractivity contribution in [3.63, 3.8) is 0 Å². The van der Waals surface area contributed by atoms with E-state index < -0.39 is 0 Å². The molecule has 2 aromatic rings. The fourth-order valence-corrected chi connectivity index (χ4v) is 6.85. The van der Waals surface area contributed by atoms with Crippen LogP contribution in [0.3, 0.4) is 0 Å². The number of aromatic nitrogens is 1. The lowest BCUT2D eigenvalue weighted by molar-refractivity contribution is 0.285. The van der Waals surface area contributed by atoms with Crippen molar-refractivity contribution in [3.8, 4) is 0 Å². The molecule has 1 heterocycles. The molecule has 0 amide bonds. The summed E-state index contributed by atoms with van der Waals surface area (Å²) in [6, 6.07) is 10.7. The molecule has 2 fully saturated rings. The van der Waals surface area contributed by atoms with Gasteiger partial charge in [0.1, 0.15) is 0 Å². The fourth-order valence-electron chi connectivity index (χ4n) is 6.85. The Labute approximate surface area is 197 Å². The van der Waals surface area contributed by atoms with E-state index in [1.54, 1.807) is 5.56 Å². The van der Waals surface area contributed by atoms with Gasteiger partial charge in [0.2, 0.25) is 0 Å². The highest BCUT2D eigenvalue weighted by molar-refractivity contribution is 5.84. The first-order valence-electron chi connectivity index (χ1n) is 14.1. The fraction of sp³-hybridized carbons (Fsp3) is 0.733. The topological polar surface area (TPSA) is 17.0 Å². The SMILES string of the molecule is CCCC(CCC)n1cc(C(CCNC2CCCCC2)C2CCCCC2)c2ccccc21. The number of nitrogens with one attached hydrogen (secondary N) is 1. The maximum Gasteiger partial charge on any atom is 0.0485 e. The number of hydrogen-bond donors (Lipinski definition) is 1. The number of para-hydroxylation sites is 1. The summed E-state index contributed by atoms with van der Waals surface area (Å²) in [5, 5.41) is 5.51. The van der Waals surface area contributed by atoms with Crippen molar-refractivity contribution in [2.75, 3.05) is 6.54 Å². The molecule has 1 aromatic heterocycles. The molecule has 0 bridgehead atoms. The molecule has 0 radical (unpaired) electrons. The summed E-state index contributed by atoms with van der Waals surface area (Å²) < 4.78 is 2.68. The number of fused-ring (bicyclic) bond motifs is 1. The van der Waals surface area contributed by atoms with Crippen LogP contribution in [-0.2, 0) is 0 Å². The number of nitrogens with zero attached hydrogens (tertiary/aromatic N) is 1. The zero-order valence-corrected chi connectivity index (χ0v) is 21.0. The minimum absolute atomic E-state index is 0.649. The highest BCUT2D eigenvalue weighted by atomic mass is 15.0. The van der Waals surface area contributed by atoms with Crippen molar-refractivity contribution in [2.45, 2.75) is 128 Å². The van der Waals surface area contributed by atoms with Crippen LogP contribution in [0.4, 0.5) is 0 Å². The summed E-state index contributed by atoms with van der Waals surface area (Å²) >= 11 is 0. The smallest absolute Gasteiger partial charge is 0.0485 e. The summed E-state index contributed by atoms with van der Waals surface area (Å²) in [7, 11) is 0. The summed E-state index contributed by atoms with van der Waals surface area (Å²) in [5.74, 6) is 1.58. The Morgan fingerprint density at radius 3 is 2.19 bits per heavy atom. The van der Waals surface area contributed by atoms with E-state index in [0.717, 1.165) is 12.0 Å². The number of rotatable bonds is 11. The third-order valence-electron chi connectivity index (χ3n) is 8.52. The molecule has 32 heavy (non-hydrogen) atoms. The van der Waals surface area contributed by atoms with E-state index in [1.807, 2.05) is 0 Å². The van der Waals surface area contributed by atoms with Crippen LogP contribution < -0.4 is 5.32 Å². The van der Waals surface area contributed by atoms with Gasteiger partial charge in [0.05, 0.1) is 0 Å². The Bertz CT molecular complexity index is 788. The molecule has 2 aliphatic rings. The maximum atomic E-state index is 3.97. The van der Waals surface area contributed by atoms with Gasteiger partial charge in [-0.1, -0.05) is 83.4 Å². The Morgan fingerprint density at radius 1 is 0.844 bits per heavy atom. The number of benzene rings is 1. The van der Waals surface area contributed by atoms with Crippen LogP contribution in [0.1, 0.15) is 128 Å². The lowest BCUT2D eigenvalue weighted by Crippen LogP contribution is -2.33. The summed E-state index contributed by atoms with van der Waals surface area (Å²) in [4.78, 5) is 0. The summed E-state index contributed by atoms with van der Waals surface area (Å²) in [6.45, 7) is 5.88. The van der Waals surface area contributed by atoms with Crippen LogP contribution in [-0.4, -0.2) is 17.2 Å². The van der Waals surface area contributed by atoms with Gasteiger partial charge < -0.3 is 9.88 Å². The molecule has 2 aliphatic carbocycles. The molecule has 4 rings (SSSR count). The average molecular weight is 437 g/mol. The van der Waals surface area contributed by atoms with E-state index in [1.165, 1.54) is 114 Å². The second kappa shape index (κ2) is 12.3. The third kappa shape index (κ3) is 5.79. The molecule has 0 saturated heterocycles. The highest BCUT2D eigenvalue weighted by Crippen LogP contribution is 2.42. The van der Waals surface area contributed by atoms with E-state index in [2.05, 4.69) is 54.2 Å². The molecule has 178 valence electrons. The van der Waals surface area contributed by atoms with Gasteiger partial charge in [0, 0.05) is 29.2 Å². The van der Waals surface area contributed by atoms with Crippen molar-refractivity contribution in [3.05, 3.63) is 36.0 Å². The van der Waals surface area contributed by atoms with Crippen LogP contribution in [0.5, 0.6) is 0 Å². The van der Waals surface area contributed by atoms with Crippen molar-refractivity contribution in [1.29, 1.82) is 0 Å². The van der Waals surface area contributed by atoms with Gasteiger partial charge in [-0.2, -0.15) is 0 Å². The van der Waals surface area contributed by atoms with Crippen molar-refractivity contribution < 1.29 is 0 Å². The maximum absolute atomic E-state index is 3.97. The normalized spacial score (nSPS) is 19.7. The first-order chi connectivity index (χ1) is 15.8. The van der Waals surface area contributed by atoms with E-state index >= 15 is 0 Å². The Hall–Kier alpha value is -1.28. The van der Waals surface area contributed by atoms with Gasteiger partial charge in [0.25, 0.3) is 0 Å². The zero-order valence-electron chi connectivity index (χ0n) is 21.0. The minimum atomic E-state index is 0.649. The molecule has 1 N–H and O–H groups in total. The Morgan fingerprint density at radius 2 is 1.50 bits per heavy atom. The van der Waals surface area contributed by atoms with Crippen molar-refractivity contribution in [1.82, 2.24) is 9.88 Å².